The van der Waals surface area contributed by atoms with Crippen LogP contribution in [0.25, 0.3) is 11.1 Å². The summed E-state index contributed by atoms with van der Waals surface area (Å²) in [5.74, 6) is -0.179. The molecule has 1 fully saturated rings. The summed E-state index contributed by atoms with van der Waals surface area (Å²) in [5, 5.41) is 2.78. The molecule has 3 aromatic rings. The van der Waals surface area contributed by atoms with Crippen LogP contribution in [0.4, 0.5) is 5.69 Å². The van der Waals surface area contributed by atoms with E-state index in [2.05, 4.69) is 5.32 Å². The number of aromatic nitrogens is 1. The van der Waals surface area contributed by atoms with E-state index in [1.807, 2.05) is 6.92 Å². The lowest BCUT2D eigenvalue weighted by molar-refractivity contribution is -0.116. The number of nitrogens with zero attached hydrogens (tertiary/aromatic N) is 2. The van der Waals surface area contributed by atoms with Gasteiger partial charge in [-0.05, 0) is 56.2 Å². The molecule has 1 amide bonds. The molecule has 0 saturated carbocycles. The summed E-state index contributed by atoms with van der Waals surface area (Å²) < 4.78 is 38.9. The minimum Gasteiger partial charge on any atom is -0.494 e. The summed E-state index contributed by atoms with van der Waals surface area (Å²) >= 11 is 0. The van der Waals surface area contributed by atoms with Crippen molar-refractivity contribution in [2.75, 3.05) is 25.0 Å². The number of carbonyl (C=O) groups is 1. The van der Waals surface area contributed by atoms with Crippen molar-refractivity contribution in [2.24, 2.45) is 0 Å². The van der Waals surface area contributed by atoms with E-state index in [-0.39, 0.29) is 29.4 Å². The minimum atomic E-state index is -3.61. The van der Waals surface area contributed by atoms with Crippen molar-refractivity contribution in [1.82, 2.24) is 8.87 Å². The van der Waals surface area contributed by atoms with Gasteiger partial charge in [0.1, 0.15) is 5.75 Å². The zero-order chi connectivity index (χ0) is 22.7. The zero-order valence-electron chi connectivity index (χ0n) is 17.7. The molecule has 10 heteroatoms. The van der Waals surface area contributed by atoms with E-state index >= 15 is 0 Å². The first-order valence-corrected chi connectivity index (χ1v) is 12.0. The number of oxazole rings is 1. The molecule has 0 spiro atoms. The van der Waals surface area contributed by atoms with Gasteiger partial charge in [0.05, 0.1) is 17.0 Å². The Morgan fingerprint density at radius 1 is 1.12 bits per heavy atom. The topological polar surface area (TPSA) is 111 Å². The van der Waals surface area contributed by atoms with Gasteiger partial charge in [-0.25, -0.2) is 13.2 Å². The van der Waals surface area contributed by atoms with Crippen LogP contribution in [0.15, 0.2) is 56.6 Å². The fraction of sp³-hybridized carbons (Fsp3) is 0.364. The summed E-state index contributed by atoms with van der Waals surface area (Å²) in [6.07, 6.45) is 1.73. The van der Waals surface area contributed by atoms with Crippen LogP contribution in [0, 0.1) is 0 Å². The highest BCUT2D eigenvalue weighted by atomic mass is 32.2. The van der Waals surface area contributed by atoms with Gasteiger partial charge in [-0.2, -0.15) is 4.31 Å². The number of amides is 1. The Bertz CT molecular complexity index is 1270. The van der Waals surface area contributed by atoms with E-state index in [4.69, 9.17) is 9.15 Å². The highest BCUT2D eigenvalue weighted by Gasteiger charge is 2.28. The Kier molecular flexibility index (Phi) is 6.33. The van der Waals surface area contributed by atoms with Crippen molar-refractivity contribution >= 4 is 32.7 Å². The van der Waals surface area contributed by atoms with E-state index in [1.54, 1.807) is 30.3 Å². The monoisotopic (exact) mass is 459 g/mol. The molecule has 4 rings (SSSR count). The number of fused-ring (bicyclic) bond motifs is 1. The van der Waals surface area contributed by atoms with Crippen LogP contribution in [0.5, 0.6) is 5.75 Å². The number of hydrogen-bond acceptors (Lipinski definition) is 6. The van der Waals surface area contributed by atoms with Gasteiger partial charge in [0.2, 0.25) is 15.9 Å². The van der Waals surface area contributed by atoms with Gasteiger partial charge in [-0.15, -0.1) is 0 Å². The second-order valence-electron chi connectivity index (χ2n) is 7.52. The first kappa shape index (κ1) is 22.1. The number of hydrogen-bond donors (Lipinski definition) is 1. The molecule has 0 unspecified atom stereocenters. The maximum absolute atomic E-state index is 12.8. The molecule has 1 saturated heterocycles. The molecule has 0 bridgehead atoms. The number of anilines is 1. The Hall–Kier alpha value is -3.11. The van der Waals surface area contributed by atoms with Gasteiger partial charge < -0.3 is 14.5 Å². The molecule has 2 heterocycles. The van der Waals surface area contributed by atoms with Gasteiger partial charge >= 0.3 is 5.76 Å². The smallest absolute Gasteiger partial charge is 0.419 e. The summed E-state index contributed by atoms with van der Waals surface area (Å²) in [6.45, 7) is 3.55. The molecular weight excluding hydrogens is 434 g/mol. The van der Waals surface area contributed by atoms with Crippen molar-refractivity contribution in [2.45, 2.75) is 37.6 Å². The lowest BCUT2D eigenvalue weighted by atomic mass is 10.3. The molecule has 0 aliphatic carbocycles. The highest BCUT2D eigenvalue weighted by Crippen LogP contribution is 2.24. The second-order valence-corrected chi connectivity index (χ2v) is 9.45. The fourth-order valence-corrected chi connectivity index (χ4v) is 5.27. The molecule has 2 aromatic carbocycles. The molecule has 32 heavy (non-hydrogen) atoms. The normalized spacial score (nSPS) is 14.7. The average molecular weight is 460 g/mol. The molecule has 0 radical (unpaired) electrons. The van der Waals surface area contributed by atoms with Crippen molar-refractivity contribution < 1.29 is 22.4 Å². The quantitative estimate of drug-likeness (QED) is 0.555. The molecule has 1 N–H and O–H groups in total. The van der Waals surface area contributed by atoms with Gasteiger partial charge in [0.25, 0.3) is 0 Å². The highest BCUT2D eigenvalue weighted by molar-refractivity contribution is 7.89. The van der Waals surface area contributed by atoms with Crippen LogP contribution in [0.2, 0.25) is 0 Å². The number of benzene rings is 2. The van der Waals surface area contributed by atoms with E-state index in [0.29, 0.717) is 36.6 Å². The molecule has 1 aliphatic rings. The molecule has 1 aromatic heterocycles. The number of sulfonamides is 1. The molecule has 0 atom stereocenters. The van der Waals surface area contributed by atoms with Crippen LogP contribution < -0.4 is 15.8 Å². The standard InChI is InChI=1S/C22H25N3O6S/c1-2-30-17-7-5-16(6-8-17)23-21(26)11-14-25-19-10-9-18(15-20(19)31-22(25)27)32(28,29)24-12-3-4-13-24/h5-10,15H,2-4,11-14H2,1H3,(H,23,26). The third-order valence-corrected chi connectivity index (χ3v) is 7.25. The fourth-order valence-electron chi connectivity index (χ4n) is 3.73. The maximum Gasteiger partial charge on any atom is 0.419 e. The Balaban J connectivity index is 1.45. The largest absolute Gasteiger partial charge is 0.494 e. The van der Waals surface area contributed by atoms with Crippen LogP contribution in [-0.2, 0) is 21.4 Å². The minimum absolute atomic E-state index is 0.0512. The first-order valence-electron chi connectivity index (χ1n) is 10.5. The molecule has 170 valence electrons. The van der Waals surface area contributed by atoms with Crippen molar-refractivity contribution in [3.05, 3.63) is 53.0 Å². The first-order chi connectivity index (χ1) is 15.4. The van der Waals surface area contributed by atoms with Crippen molar-refractivity contribution in [1.29, 1.82) is 0 Å². The Morgan fingerprint density at radius 2 is 1.84 bits per heavy atom. The van der Waals surface area contributed by atoms with Crippen LogP contribution in [0.1, 0.15) is 26.2 Å². The predicted molar refractivity (Wildman–Crippen MR) is 119 cm³/mol. The van der Waals surface area contributed by atoms with Crippen LogP contribution >= 0.6 is 0 Å². The Labute approximate surface area is 185 Å². The van der Waals surface area contributed by atoms with E-state index < -0.39 is 15.8 Å². The third-order valence-electron chi connectivity index (χ3n) is 5.35. The second kappa shape index (κ2) is 9.17. The number of rotatable bonds is 8. The van der Waals surface area contributed by atoms with Crippen LogP contribution in [0.3, 0.4) is 0 Å². The predicted octanol–water partition coefficient (Wildman–Crippen LogP) is 2.81. The van der Waals surface area contributed by atoms with Crippen molar-refractivity contribution in [3.8, 4) is 5.75 Å². The van der Waals surface area contributed by atoms with E-state index in [0.717, 1.165) is 12.8 Å². The average Bonchev–Trinajstić information content (AvgIpc) is 3.41. The lowest BCUT2D eigenvalue weighted by Crippen LogP contribution is -2.27. The third kappa shape index (κ3) is 4.56. The SMILES string of the molecule is CCOc1ccc(NC(=O)CCn2c(=O)oc3cc(S(=O)(=O)N4CCCC4)ccc32)cc1. The van der Waals surface area contributed by atoms with Gasteiger partial charge in [-0.3, -0.25) is 9.36 Å². The number of carbonyl (C=O) groups excluding carboxylic acids is 1. The molecular formula is C22H25N3O6S. The van der Waals surface area contributed by atoms with Gasteiger partial charge in [0, 0.05) is 37.8 Å². The maximum atomic E-state index is 12.8. The molecule has 9 nitrogen and oxygen atoms in total. The Morgan fingerprint density at radius 3 is 2.53 bits per heavy atom. The molecule has 1 aliphatic heterocycles. The number of nitrogens with one attached hydrogen (secondary N) is 1. The zero-order valence-corrected chi connectivity index (χ0v) is 18.6. The van der Waals surface area contributed by atoms with E-state index in [1.165, 1.54) is 21.0 Å². The summed E-state index contributed by atoms with van der Waals surface area (Å²) in [4.78, 5) is 24.7. The van der Waals surface area contributed by atoms with Crippen LogP contribution in [-0.4, -0.2) is 42.9 Å². The lowest BCUT2D eigenvalue weighted by Gasteiger charge is -2.15. The van der Waals surface area contributed by atoms with Gasteiger partial charge in [0.15, 0.2) is 5.58 Å². The van der Waals surface area contributed by atoms with Crippen molar-refractivity contribution in [3.63, 3.8) is 0 Å². The number of aryl methyl sites for hydroxylation is 1. The van der Waals surface area contributed by atoms with E-state index in [9.17, 15) is 18.0 Å². The summed E-state index contributed by atoms with van der Waals surface area (Å²) in [6, 6.07) is 11.4. The number of ether oxygens (including phenoxy) is 1. The van der Waals surface area contributed by atoms with Gasteiger partial charge in [-0.1, -0.05) is 0 Å². The summed E-state index contributed by atoms with van der Waals surface area (Å²) in [5.41, 5.74) is 1.26. The summed E-state index contributed by atoms with van der Waals surface area (Å²) in [7, 11) is -3.61.